The van der Waals surface area contributed by atoms with Crippen molar-refractivity contribution in [3.05, 3.63) is 33.4 Å². The number of benzene rings is 1. The molecule has 0 spiro atoms. The van der Waals surface area contributed by atoms with Crippen molar-refractivity contribution >= 4 is 33.4 Å². The lowest BCUT2D eigenvalue weighted by Crippen LogP contribution is -2.37. The highest BCUT2D eigenvalue weighted by atomic mass is 79.9. The third kappa shape index (κ3) is 4.86. The van der Waals surface area contributed by atoms with Crippen LogP contribution in [0.5, 0.6) is 11.5 Å². The molecule has 2 aliphatic rings. The molecule has 1 aromatic carbocycles. The maximum atomic E-state index is 13.2. The molecule has 0 bridgehead atoms. The fourth-order valence-corrected chi connectivity index (χ4v) is 4.94. The molecule has 31 heavy (non-hydrogen) atoms. The number of hydrogen-bond donors (Lipinski definition) is 0. The molecular formula is C24H30BrNO5. The van der Waals surface area contributed by atoms with Gasteiger partial charge < -0.3 is 14.2 Å². The van der Waals surface area contributed by atoms with Crippen LogP contribution < -0.4 is 9.47 Å². The van der Waals surface area contributed by atoms with Crippen LogP contribution in [-0.4, -0.2) is 38.3 Å². The quantitative estimate of drug-likeness (QED) is 0.360. The van der Waals surface area contributed by atoms with E-state index in [0.717, 1.165) is 47.8 Å². The second-order valence-electron chi connectivity index (χ2n) is 7.95. The minimum absolute atomic E-state index is 0.0490. The monoisotopic (exact) mass is 491 g/mol. The van der Waals surface area contributed by atoms with E-state index in [-0.39, 0.29) is 11.8 Å². The topological polar surface area (TPSA) is 74.2 Å². The van der Waals surface area contributed by atoms with Crippen molar-refractivity contribution in [2.45, 2.75) is 58.3 Å². The summed E-state index contributed by atoms with van der Waals surface area (Å²) >= 11 is 3.63. The van der Waals surface area contributed by atoms with Crippen molar-refractivity contribution in [3.8, 4) is 11.5 Å². The molecule has 0 fully saturated rings. The molecule has 2 atom stereocenters. The average Bonchev–Trinajstić information content (AvgIpc) is 2.75. The maximum absolute atomic E-state index is 13.2. The highest BCUT2D eigenvalue weighted by Gasteiger charge is 2.44. The molecule has 1 aliphatic carbocycles. The summed E-state index contributed by atoms with van der Waals surface area (Å²) in [7, 11) is 3.14. The first-order chi connectivity index (χ1) is 14.9. The minimum atomic E-state index is -0.656. The van der Waals surface area contributed by atoms with Crippen molar-refractivity contribution in [1.82, 2.24) is 0 Å². The van der Waals surface area contributed by atoms with Crippen molar-refractivity contribution < 1.29 is 23.8 Å². The number of hydrogen-bond acceptors (Lipinski definition) is 6. The number of Topliss-reactive ketones (excluding diaryl/α,β-unsaturated/α-hetero) is 1. The Labute approximate surface area is 192 Å². The van der Waals surface area contributed by atoms with E-state index >= 15 is 0 Å². The first kappa shape index (κ1) is 23.5. The fourth-order valence-electron chi connectivity index (χ4n) is 4.37. The van der Waals surface area contributed by atoms with Gasteiger partial charge in [-0.3, -0.25) is 14.6 Å². The van der Waals surface area contributed by atoms with Crippen molar-refractivity contribution in [2.24, 2.45) is 10.9 Å². The predicted molar refractivity (Wildman–Crippen MR) is 123 cm³/mol. The van der Waals surface area contributed by atoms with Gasteiger partial charge in [-0.05, 0) is 43.9 Å². The number of aliphatic imine (C=N–C) groups is 1. The molecule has 3 rings (SSSR count). The zero-order valence-electron chi connectivity index (χ0n) is 18.6. The number of allylic oxidation sites excluding steroid dienone is 2. The molecule has 1 unspecified atom stereocenters. The molecule has 7 heteroatoms. The third-order valence-corrected chi connectivity index (χ3v) is 6.61. The Kier molecular flexibility index (Phi) is 7.92. The maximum Gasteiger partial charge on any atom is 0.315 e. The van der Waals surface area contributed by atoms with Crippen LogP contribution in [0.15, 0.2) is 32.9 Å². The van der Waals surface area contributed by atoms with Gasteiger partial charge >= 0.3 is 5.97 Å². The number of carbonyl (C=O) groups excluding carboxylic acids is 2. The highest BCUT2D eigenvalue weighted by molar-refractivity contribution is 9.10. The van der Waals surface area contributed by atoms with Crippen molar-refractivity contribution in [2.75, 3.05) is 20.8 Å². The highest BCUT2D eigenvalue weighted by Crippen LogP contribution is 2.47. The Balaban J connectivity index is 2.09. The fraction of sp³-hybridized carbons (Fsp3) is 0.542. The number of carbonyl (C=O) groups is 2. The molecule has 0 aromatic heterocycles. The van der Waals surface area contributed by atoms with E-state index < -0.39 is 11.8 Å². The van der Waals surface area contributed by atoms with Gasteiger partial charge in [-0.2, -0.15) is 0 Å². The van der Waals surface area contributed by atoms with Gasteiger partial charge in [0.05, 0.1) is 20.8 Å². The number of esters is 1. The van der Waals surface area contributed by atoms with E-state index in [1.165, 1.54) is 0 Å². The van der Waals surface area contributed by atoms with E-state index in [1.54, 1.807) is 14.2 Å². The Hall–Kier alpha value is -2.15. The van der Waals surface area contributed by atoms with Crippen LogP contribution in [0.2, 0.25) is 0 Å². The molecule has 0 N–H and O–H groups in total. The largest absolute Gasteiger partial charge is 0.493 e. The van der Waals surface area contributed by atoms with Crippen molar-refractivity contribution in [1.29, 1.82) is 0 Å². The van der Waals surface area contributed by atoms with Crippen LogP contribution in [0.4, 0.5) is 0 Å². The summed E-state index contributed by atoms with van der Waals surface area (Å²) in [5.74, 6) is -0.310. The normalized spacial score (nSPS) is 20.8. The molecule has 168 valence electrons. The van der Waals surface area contributed by atoms with Crippen LogP contribution in [0.25, 0.3) is 0 Å². The first-order valence-electron chi connectivity index (χ1n) is 10.8. The smallest absolute Gasteiger partial charge is 0.315 e. The molecule has 6 nitrogen and oxygen atoms in total. The zero-order chi connectivity index (χ0) is 22.5. The second kappa shape index (κ2) is 10.4. The van der Waals surface area contributed by atoms with E-state index in [0.29, 0.717) is 35.8 Å². The molecular weight excluding hydrogens is 462 g/mol. The summed E-state index contributed by atoms with van der Waals surface area (Å²) < 4.78 is 17.3. The number of methoxy groups -OCH3 is 2. The van der Waals surface area contributed by atoms with Crippen LogP contribution in [0.3, 0.4) is 0 Å². The summed E-state index contributed by atoms with van der Waals surface area (Å²) in [6.07, 6.45) is 4.85. The number of rotatable bonds is 8. The van der Waals surface area contributed by atoms with E-state index in [4.69, 9.17) is 14.2 Å². The number of unbranched alkanes of at least 4 members (excludes halogenated alkanes) is 2. The molecule has 1 aromatic rings. The predicted octanol–water partition coefficient (Wildman–Crippen LogP) is 5.38. The zero-order valence-corrected chi connectivity index (χ0v) is 20.2. The summed E-state index contributed by atoms with van der Waals surface area (Å²) in [5, 5.41) is 0. The van der Waals surface area contributed by atoms with Gasteiger partial charge in [0, 0.05) is 33.8 Å². The summed E-state index contributed by atoms with van der Waals surface area (Å²) in [5.41, 5.74) is 2.89. The minimum Gasteiger partial charge on any atom is -0.493 e. The summed E-state index contributed by atoms with van der Waals surface area (Å²) in [6.45, 7) is 4.33. The van der Waals surface area contributed by atoms with Gasteiger partial charge in [0.2, 0.25) is 0 Å². The average molecular weight is 492 g/mol. The Morgan fingerprint density at radius 1 is 1.16 bits per heavy atom. The van der Waals surface area contributed by atoms with Crippen LogP contribution in [0, 0.1) is 5.92 Å². The third-order valence-electron chi connectivity index (χ3n) is 5.92. The van der Waals surface area contributed by atoms with Gasteiger partial charge in [0.25, 0.3) is 0 Å². The summed E-state index contributed by atoms with van der Waals surface area (Å²) in [4.78, 5) is 30.9. The Bertz CT molecular complexity index is 921. The SMILES string of the molecule is CCCCCOC(=O)C1C(C)=NC2=C(C(=O)CCC2)[C@H]1c1cc(OC)c(OC)cc1Br. The lowest BCUT2D eigenvalue weighted by Gasteiger charge is -2.35. The van der Waals surface area contributed by atoms with E-state index in [9.17, 15) is 9.59 Å². The Morgan fingerprint density at radius 2 is 1.87 bits per heavy atom. The lowest BCUT2D eigenvalue weighted by molar-refractivity contribution is -0.146. The number of ketones is 1. The number of ether oxygens (including phenoxy) is 3. The molecule has 0 saturated carbocycles. The van der Waals surface area contributed by atoms with Crippen LogP contribution >= 0.6 is 15.9 Å². The van der Waals surface area contributed by atoms with Crippen LogP contribution in [0.1, 0.15) is 63.9 Å². The van der Waals surface area contributed by atoms with Gasteiger partial charge in [-0.25, -0.2) is 0 Å². The molecule has 0 radical (unpaired) electrons. The molecule has 1 heterocycles. The second-order valence-corrected chi connectivity index (χ2v) is 8.80. The molecule has 0 amide bonds. The number of halogens is 1. The van der Waals surface area contributed by atoms with E-state index in [1.807, 2.05) is 19.1 Å². The van der Waals surface area contributed by atoms with Crippen LogP contribution in [-0.2, 0) is 14.3 Å². The summed E-state index contributed by atoms with van der Waals surface area (Å²) in [6, 6.07) is 3.66. The van der Waals surface area contributed by atoms with E-state index in [2.05, 4.69) is 27.8 Å². The van der Waals surface area contributed by atoms with Crippen molar-refractivity contribution in [3.63, 3.8) is 0 Å². The van der Waals surface area contributed by atoms with Gasteiger partial charge in [-0.15, -0.1) is 0 Å². The van der Waals surface area contributed by atoms with Gasteiger partial charge in [-0.1, -0.05) is 35.7 Å². The molecule has 0 saturated heterocycles. The standard InChI is InChI=1S/C24H30BrNO5/c1-5-6-7-11-31-24(28)21-14(2)26-17-9-8-10-18(27)23(17)22(21)15-12-19(29-3)20(30-4)13-16(15)25/h12-13,21-22H,5-11H2,1-4H3/t21?,22-/m0/s1. The lowest BCUT2D eigenvalue weighted by atomic mass is 9.71. The van der Waals surface area contributed by atoms with Gasteiger partial charge in [0.15, 0.2) is 17.3 Å². The van der Waals surface area contributed by atoms with Gasteiger partial charge in [0.1, 0.15) is 5.92 Å². The first-order valence-corrected chi connectivity index (χ1v) is 11.6. The number of nitrogens with zero attached hydrogens (tertiary/aromatic N) is 1. The Morgan fingerprint density at radius 3 is 2.55 bits per heavy atom. The molecule has 1 aliphatic heterocycles.